The fourth-order valence-corrected chi connectivity index (χ4v) is 2.55. The molecule has 1 unspecified atom stereocenters. The topological polar surface area (TPSA) is 56.9 Å². The molecule has 110 valence electrons. The Morgan fingerprint density at radius 3 is 2.55 bits per heavy atom. The molecular formula is C14H23N5O. The maximum Gasteiger partial charge on any atom is 0.161 e. The van der Waals surface area contributed by atoms with Gasteiger partial charge in [0.25, 0.3) is 0 Å². The summed E-state index contributed by atoms with van der Waals surface area (Å²) in [6.45, 7) is 7.82. The van der Waals surface area contributed by atoms with E-state index in [2.05, 4.69) is 35.4 Å². The van der Waals surface area contributed by atoms with Crippen LogP contribution in [0.4, 0.5) is 0 Å². The smallest absolute Gasteiger partial charge is 0.161 e. The zero-order chi connectivity index (χ0) is 14.7. The molecule has 0 bridgehead atoms. The van der Waals surface area contributed by atoms with E-state index in [1.807, 2.05) is 23.3 Å². The Labute approximate surface area is 119 Å². The zero-order valence-corrected chi connectivity index (χ0v) is 12.8. The molecule has 0 amide bonds. The molecule has 0 aliphatic rings. The van der Waals surface area contributed by atoms with E-state index >= 15 is 0 Å². The van der Waals surface area contributed by atoms with Crippen LogP contribution in [0, 0.1) is 6.92 Å². The van der Waals surface area contributed by atoms with E-state index in [1.165, 1.54) is 0 Å². The number of methoxy groups -OCH3 is 1. The van der Waals surface area contributed by atoms with Crippen molar-refractivity contribution in [1.82, 2.24) is 24.9 Å². The summed E-state index contributed by atoms with van der Waals surface area (Å²) in [4.78, 5) is 0. The Bertz CT molecular complexity index is 551. The molecule has 1 atom stereocenters. The van der Waals surface area contributed by atoms with Gasteiger partial charge in [0.1, 0.15) is 5.69 Å². The number of rotatable bonds is 6. The summed E-state index contributed by atoms with van der Waals surface area (Å²) >= 11 is 0. The van der Waals surface area contributed by atoms with Crippen LogP contribution in [0.2, 0.25) is 0 Å². The molecule has 6 heteroatoms. The van der Waals surface area contributed by atoms with Crippen molar-refractivity contribution in [2.24, 2.45) is 0 Å². The summed E-state index contributed by atoms with van der Waals surface area (Å²) in [7, 11) is 3.62. The summed E-state index contributed by atoms with van der Waals surface area (Å²) in [5, 5.41) is 12.3. The molecule has 2 aromatic heterocycles. The first kappa shape index (κ1) is 14.6. The van der Waals surface area contributed by atoms with Crippen LogP contribution >= 0.6 is 0 Å². The van der Waals surface area contributed by atoms with E-state index in [0.29, 0.717) is 0 Å². The van der Waals surface area contributed by atoms with Crippen molar-refractivity contribution < 1.29 is 4.74 Å². The molecule has 1 N–H and O–H groups in total. The van der Waals surface area contributed by atoms with Crippen LogP contribution in [-0.2, 0) is 13.1 Å². The van der Waals surface area contributed by atoms with Gasteiger partial charge < -0.3 is 10.1 Å². The molecular weight excluding hydrogens is 254 g/mol. The lowest BCUT2D eigenvalue weighted by atomic mass is 10.1. The maximum atomic E-state index is 5.46. The lowest BCUT2D eigenvalue weighted by Gasteiger charge is -2.19. The monoisotopic (exact) mass is 277 g/mol. The van der Waals surface area contributed by atoms with Crippen LogP contribution in [0.3, 0.4) is 0 Å². The van der Waals surface area contributed by atoms with Crippen LogP contribution in [0.5, 0.6) is 5.75 Å². The van der Waals surface area contributed by atoms with Crippen molar-refractivity contribution in [1.29, 1.82) is 0 Å². The molecule has 2 aromatic rings. The highest BCUT2D eigenvalue weighted by atomic mass is 16.5. The van der Waals surface area contributed by atoms with Crippen LogP contribution in [0.1, 0.15) is 37.0 Å². The summed E-state index contributed by atoms with van der Waals surface area (Å²) in [6, 6.07) is 2.12. The van der Waals surface area contributed by atoms with Gasteiger partial charge in [-0.05, 0) is 33.9 Å². The fraction of sp³-hybridized carbons (Fsp3) is 0.571. The summed E-state index contributed by atoms with van der Waals surface area (Å²) in [6.07, 6.45) is 1.77. The van der Waals surface area contributed by atoms with Crippen molar-refractivity contribution in [2.75, 3.05) is 14.2 Å². The highest BCUT2D eigenvalue weighted by molar-refractivity contribution is 5.34. The van der Waals surface area contributed by atoms with Crippen LogP contribution in [-0.4, -0.2) is 33.7 Å². The number of nitrogens with zero attached hydrogens (tertiary/aromatic N) is 4. The molecule has 2 heterocycles. The number of hydrogen-bond donors (Lipinski definition) is 1. The van der Waals surface area contributed by atoms with Gasteiger partial charge in [0.2, 0.25) is 0 Å². The van der Waals surface area contributed by atoms with Crippen molar-refractivity contribution in [3.05, 3.63) is 29.3 Å². The minimum Gasteiger partial charge on any atom is -0.493 e. The van der Waals surface area contributed by atoms with Gasteiger partial charge in [-0.1, -0.05) is 0 Å². The minimum absolute atomic E-state index is 0.00792. The van der Waals surface area contributed by atoms with Gasteiger partial charge in [-0.3, -0.25) is 9.36 Å². The summed E-state index contributed by atoms with van der Waals surface area (Å²) < 4.78 is 9.44. The van der Waals surface area contributed by atoms with E-state index in [1.54, 1.807) is 13.3 Å². The van der Waals surface area contributed by atoms with Crippen LogP contribution in [0.25, 0.3) is 0 Å². The molecule has 0 saturated carbocycles. The van der Waals surface area contributed by atoms with E-state index in [9.17, 15) is 0 Å². The minimum atomic E-state index is 0.00792. The molecule has 2 rings (SSSR count). The molecule has 0 fully saturated rings. The third-order valence-corrected chi connectivity index (χ3v) is 3.46. The Balaban J connectivity index is 2.54. The lowest BCUT2D eigenvalue weighted by Crippen LogP contribution is -2.24. The van der Waals surface area contributed by atoms with Gasteiger partial charge >= 0.3 is 0 Å². The molecule has 0 aromatic carbocycles. The molecule has 0 aliphatic heterocycles. The van der Waals surface area contributed by atoms with Gasteiger partial charge in [-0.2, -0.15) is 10.2 Å². The molecule has 0 saturated heterocycles. The first-order valence-corrected chi connectivity index (χ1v) is 6.97. The Kier molecular flexibility index (Phi) is 4.44. The van der Waals surface area contributed by atoms with Crippen molar-refractivity contribution in [3.63, 3.8) is 0 Å². The number of aryl methyl sites for hydroxylation is 3. The average molecular weight is 277 g/mol. The van der Waals surface area contributed by atoms with Gasteiger partial charge in [0.15, 0.2) is 5.75 Å². The largest absolute Gasteiger partial charge is 0.493 e. The summed E-state index contributed by atoms with van der Waals surface area (Å²) in [5.41, 5.74) is 3.18. The third-order valence-electron chi connectivity index (χ3n) is 3.46. The standard InChI is InChI=1S/C14H23N5O/c1-6-18-11(8-10(3)17-18)13(15-4)14-12(20-5)9-16-19(14)7-2/h8-9,13,15H,6-7H2,1-5H3. The predicted molar refractivity (Wildman–Crippen MR) is 78.0 cm³/mol. The van der Waals surface area contributed by atoms with E-state index < -0.39 is 0 Å². The van der Waals surface area contributed by atoms with E-state index in [0.717, 1.165) is 35.9 Å². The van der Waals surface area contributed by atoms with E-state index in [4.69, 9.17) is 4.74 Å². The maximum absolute atomic E-state index is 5.46. The molecule has 0 aliphatic carbocycles. The SMILES string of the molecule is CCn1nc(C)cc1C(NC)c1c(OC)cnn1CC. The Hall–Kier alpha value is -1.82. The zero-order valence-electron chi connectivity index (χ0n) is 12.8. The first-order chi connectivity index (χ1) is 9.65. The number of ether oxygens (including phenoxy) is 1. The molecule has 20 heavy (non-hydrogen) atoms. The summed E-state index contributed by atoms with van der Waals surface area (Å²) in [5.74, 6) is 0.799. The highest BCUT2D eigenvalue weighted by Gasteiger charge is 2.25. The molecule has 6 nitrogen and oxygen atoms in total. The second kappa shape index (κ2) is 6.09. The van der Waals surface area contributed by atoms with Gasteiger partial charge in [-0.15, -0.1) is 0 Å². The quantitative estimate of drug-likeness (QED) is 0.874. The number of nitrogens with one attached hydrogen (secondary N) is 1. The third kappa shape index (κ3) is 2.43. The van der Waals surface area contributed by atoms with Gasteiger partial charge in [0.05, 0.1) is 30.7 Å². The van der Waals surface area contributed by atoms with E-state index in [-0.39, 0.29) is 6.04 Å². The lowest BCUT2D eigenvalue weighted by molar-refractivity contribution is 0.398. The second-order valence-electron chi connectivity index (χ2n) is 4.66. The fourth-order valence-electron chi connectivity index (χ4n) is 2.55. The van der Waals surface area contributed by atoms with Crippen LogP contribution in [0.15, 0.2) is 12.3 Å². The molecule has 0 radical (unpaired) electrons. The number of hydrogen-bond acceptors (Lipinski definition) is 4. The normalized spacial score (nSPS) is 12.7. The Morgan fingerprint density at radius 1 is 1.30 bits per heavy atom. The second-order valence-corrected chi connectivity index (χ2v) is 4.66. The average Bonchev–Trinajstić information content (AvgIpc) is 3.03. The van der Waals surface area contributed by atoms with Gasteiger partial charge in [-0.25, -0.2) is 0 Å². The Morgan fingerprint density at radius 2 is 2.00 bits per heavy atom. The number of aromatic nitrogens is 4. The predicted octanol–water partition coefficient (Wildman–Crippen LogP) is 1.75. The van der Waals surface area contributed by atoms with Gasteiger partial charge in [0, 0.05) is 13.1 Å². The van der Waals surface area contributed by atoms with Crippen LogP contribution < -0.4 is 10.1 Å². The van der Waals surface area contributed by atoms with Crippen molar-refractivity contribution >= 4 is 0 Å². The first-order valence-electron chi connectivity index (χ1n) is 6.97. The van der Waals surface area contributed by atoms with Crippen molar-refractivity contribution in [3.8, 4) is 5.75 Å². The van der Waals surface area contributed by atoms with Crippen molar-refractivity contribution in [2.45, 2.75) is 39.9 Å². The highest BCUT2D eigenvalue weighted by Crippen LogP contribution is 2.30. The molecule has 0 spiro atoms.